The maximum atomic E-state index is 4.59. The van der Waals surface area contributed by atoms with E-state index in [-0.39, 0.29) is 6.04 Å². The monoisotopic (exact) mass is 301 g/mol. The Labute approximate surface area is 131 Å². The van der Waals surface area contributed by atoms with Gasteiger partial charge in [0.25, 0.3) is 0 Å². The minimum atomic E-state index is 0.245. The third-order valence-corrected chi connectivity index (χ3v) is 4.85. The van der Waals surface area contributed by atoms with Crippen LogP contribution in [0, 0.1) is 6.92 Å². The molecule has 0 spiro atoms. The minimum absolute atomic E-state index is 0.245. The molecule has 1 aromatic heterocycles. The quantitative estimate of drug-likeness (QED) is 0.896. The van der Waals surface area contributed by atoms with Crippen molar-refractivity contribution < 1.29 is 0 Å². The zero-order chi connectivity index (χ0) is 14.7. The summed E-state index contributed by atoms with van der Waals surface area (Å²) in [5.41, 5.74) is 3.76. The number of para-hydroxylation sites is 1. The number of benzene rings is 1. The van der Waals surface area contributed by atoms with Crippen molar-refractivity contribution in [3.63, 3.8) is 0 Å². The van der Waals surface area contributed by atoms with Crippen molar-refractivity contribution in [2.45, 2.75) is 39.3 Å². The molecule has 1 N–H and O–H groups in total. The number of hydrogen-bond acceptors (Lipinski definition) is 4. The van der Waals surface area contributed by atoms with E-state index < -0.39 is 0 Å². The van der Waals surface area contributed by atoms with Crippen LogP contribution in [0.4, 0.5) is 5.69 Å². The maximum Gasteiger partial charge on any atom is 0.0898 e. The molecule has 1 aliphatic rings. The van der Waals surface area contributed by atoms with Crippen LogP contribution in [0.1, 0.15) is 42.1 Å². The van der Waals surface area contributed by atoms with Gasteiger partial charge in [-0.1, -0.05) is 18.2 Å². The first-order chi connectivity index (χ1) is 10.2. The molecule has 0 aliphatic carbocycles. The van der Waals surface area contributed by atoms with Crippen LogP contribution in [0.3, 0.4) is 0 Å². The maximum absolute atomic E-state index is 4.59. The number of nitrogens with zero attached hydrogens (tertiary/aromatic N) is 2. The van der Waals surface area contributed by atoms with Gasteiger partial charge in [0, 0.05) is 17.6 Å². The molecule has 1 aliphatic heterocycles. The highest BCUT2D eigenvalue weighted by molar-refractivity contribution is 7.09. The lowest BCUT2D eigenvalue weighted by molar-refractivity contribution is 0.332. The Morgan fingerprint density at radius 3 is 2.76 bits per heavy atom. The van der Waals surface area contributed by atoms with Crippen LogP contribution in [-0.2, 0) is 6.54 Å². The van der Waals surface area contributed by atoms with E-state index in [4.69, 9.17) is 0 Å². The lowest BCUT2D eigenvalue weighted by Crippen LogP contribution is -2.19. The van der Waals surface area contributed by atoms with Crippen LogP contribution in [0.5, 0.6) is 0 Å². The van der Waals surface area contributed by atoms with Gasteiger partial charge in [0.05, 0.1) is 16.7 Å². The molecule has 1 atom stereocenters. The second-order valence-corrected chi connectivity index (χ2v) is 6.86. The second kappa shape index (κ2) is 6.58. The number of aromatic nitrogens is 1. The smallest absolute Gasteiger partial charge is 0.0898 e. The molecular weight excluding hydrogens is 278 g/mol. The van der Waals surface area contributed by atoms with Gasteiger partial charge in [-0.25, -0.2) is 4.98 Å². The van der Waals surface area contributed by atoms with Gasteiger partial charge in [-0.05, 0) is 51.4 Å². The van der Waals surface area contributed by atoms with Crippen LogP contribution < -0.4 is 5.32 Å². The van der Waals surface area contributed by atoms with Gasteiger partial charge < -0.3 is 5.32 Å². The molecule has 2 aromatic rings. The van der Waals surface area contributed by atoms with Crippen LogP contribution in [0.25, 0.3) is 0 Å². The van der Waals surface area contributed by atoms with Crippen molar-refractivity contribution in [2.75, 3.05) is 18.4 Å². The van der Waals surface area contributed by atoms with E-state index in [0.29, 0.717) is 0 Å². The third-order valence-electron chi connectivity index (χ3n) is 4.06. The van der Waals surface area contributed by atoms with Gasteiger partial charge in [0.2, 0.25) is 0 Å². The highest BCUT2D eigenvalue weighted by Crippen LogP contribution is 2.25. The predicted octanol–water partition coefficient (Wildman–Crippen LogP) is 4.22. The van der Waals surface area contributed by atoms with Crippen molar-refractivity contribution in [3.05, 3.63) is 45.9 Å². The van der Waals surface area contributed by atoms with Gasteiger partial charge in [-0.2, -0.15) is 0 Å². The number of thiazole rings is 1. The highest BCUT2D eigenvalue weighted by atomic mass is 32.1. The second-order valence-electron chi connectivity index (χ2n) is 5.80. The van der Waals surface area contributed by atoms with Crippen LogP contribution in [0.2, 0.25) is 0 Å². The Morgan fingerprint density at radius 2 is 2.05 bits per heavy atom. The molecule has 0 radical (unpaired) electrons. The Hall–Kier alpha value is -1.39. The van der Waals surface area contributed by atoms with Crippen LogP contribution in [-0.4, -0.2) is 23.0 Å². The lowest BCUT2D eigenvalue weighted by Gasteiger charge is -2.20. The Bertz CT molecular complexity index is 587. The molecule has 3 rings (SSSR count). The molecule has 4 heteroatoms. The first-order valence-corrected chi connectivity index (χ1v) is 8.59. The summed E-state index contributed by atoms with van der Waals surface area (Å²) in [6.07, 6.45) is 2.67. The first kappa shape index (κ1) is 14.5. The predicted molar refractivity (Wildman–Crippen MR) is 89.8 cm³/mol. The van der Waals surface area contributed by atoms with Crippen LogP contribution in [0.15, 0.2) is 29.6 Å². The Morgan fingerprint density at radius 1 is 1.29 bits per heavy atom. The molecule has 1 unspecified atom stereocenters. The van der Waals surface area contributed by atoms with Crippen molar-refractivity contribution in [3.8, 4) is 0 Å². The average molecular weight is 301 g/mol. The normalized spacial score (nSPS) is 17.0. The fourth-order valence-corrected chi connectivity index (χ4v) is 3.57. The van der Waals surface area contributed by atoms with Crippen LogP contribution >= 0.6 is 11.3 Å². The van der Waals surface area contributed by atoms with E-state index in [9.17, 15) is 0 Å². The van der Waals surface area contributed by atoms with Gasteiger partial charge in [-0.15, -0.1) is 11.3 Å². The zero-order valence-corrected chi connectivity index (χ0v) is 13.6. The molecular formula is C17H23N3S. The van der Waals surface area contributed by atoms with Gasteiger partial charge in [0.1, 0.15) is 0 Å². The van der Waals surface area contributed by atoms with E-state index in [0.717, 1.165) is 17.2 Å². The van der Waals surface area contributed by atoms with E-state index in [2.05, 4.69) is 58.7 Å². The summed E-state index contributed by atoms with van der Waals surface area (Å²) in [5.74, 6) is 0. The average Bonchev–Trinajstić information content (AvgIpc) is 3.12. The molecule has 2 heterocycles. The van der Waals surface area contributed by atoms with Gasteiger partial charge in [-0.3, -0.25) is 4.90 Å². The minimum Gasteiger partial charge on any atom is -0.377 e. The summed E-state index contributed by atoms with van der Waals surface area (Å²) < 4.78 is 0. The molecule has 112 valence electrons. The standard InChI is InChI=1S/C17H23N3S/c1-13(17-12-21-14(2)19-17)18-16-8-4-3-7-15(16)11-20-9-5-6-10-20/h3-4,7-8,12-13,18H,5-6,9-11H2,1-2H3. The number of hydrogen-bond donors (Lipinski definition) is 1. The van der Waals surface area contributed by atoms with E-state index in [1.807, 2.05) is 0 Å². The number of nitrogens with one attached hydrogen (secondary N) is 1. The van der Waals surface area contributed by atoms with Gasteiger partial charge in [0.15, 0.2) is 0 Å². The summed E-state index contributed by atoms with van der Waals surface area (Å²) in [6, 6.07) is 8.90. The largest absolute Gasteiger partial charge is 0.377 e. The molecule has 1 aromatic carbocycles. The SMILES string of the molecule is Cc1nc(C(C)Nc2ccccc2CN2CCCC2)cs1. The number of likely N-dealkylation sites (tertiary alicyclic amines) is 1. The molecule has 21 heavy (non-hydrogen) atoms. The number of rotatable bonds is 5. The molecule has 0 bridgehead atoms. The zero-order valence-electron chi connectivity index (χ0n) is 12.8. The Kier molecular flexibility index (Phi) is 4.56. The first-order valence-electron chi connectivity index (χ1n) is 7.71. The number of anilines is 1. The van der Waals surface area contributed by atoms with E-state index in [1.54, 1.807) is 11.3 Å². The fourth-order valence-electron chi connectivity index (χ4n) is 2.87. The summed E-state index contributed by atoms with van der Waals surface area (Å²) in [6.45, 7) is 7.75. The van der Waals surface area contributed by atoms with Crippen molar-refractivity contribution >= 4 is 17.0 Å². The van der Waals surface area contributed by atoms with Gasteiger partial charge >= 0.3 is 0 Å². The number of aryl methyl sites for hydroxylation is 1. The lowest BCUT2D eigenvalue weighted by atomic mass is 10.1. The molecule has 1 saturated heterocycles. The molecule has 1 fully saturated rings. The summed E-state index contributed by atoms with van der Waals surface area (Å²) in [7, 11) is 0. The fraction of sp³-hybridized carbons (Fsp3) is 0.471. The highest BCUT2D eigenvalue weighted by Gasteiger charge is 2.15. The topological polar surface area (TPSA) is 28.2 Å². The summed E-state index contributed by atoms with van der Waals surface area (Å²) in [4.78, 5) is 7.13. The van der Waals surface area contributed by atoms with Crippen molar-refractivity contribution in [2.24, 2.45) is 0 Å². The molecule has 0 saturated carbocycles. The Balaban J connectivity index is 1.72. The van der Waals surface area contributed by atoms with E-state index in [1.165, 1.54) is 37.2 Å². The van der Waals surface area contributed by atoms with Crippen molar-refractivity contribution in [1.29, 1.82) is 0 Å². The summed E-state index contributed by atoms with van der Waals surface area (Å²) >= 11 is 1.71. The van der Waals surface area contributed by atoms with E-state index >= 15 is 0 Å². The van der Waals surface area contributed by atoms with Crippen molar-refractivity contribution in [1.82, 2.24) is 9.88 Å². The molecule has 0 amide bonds. The summed E-state index contributed by atoms with van der Waals surface area (Å²) in [5, 5.41) is 6.91. The third kappa shape index (κ3) is 3.63. The molecule has 3 nitrogen and oxygen atoms in total.